The van der Waals surface area contributed by atoms with Crippen molar-refractivity contribution in [3.63, 3.8) is 0 Å². The number of ether oxygens (including phenoxy) is 2. The van der Waals surface area contributed by atoms with E-state index < -0.39 is 37.4 Å². The molecule has 1 aromatic heterocycles. The maximum absolute atomic E-state index is 14.1. The molecule has 5 N–H and O–H groups in total. The second-order valence-electron chi connectivity index (χ2n) is 9.72. The van der Waals surface area contributed by atoms with Crippen LogP contribution in [0.15, 0.2) is 30.3 Å². The van der Waals surface area contributed by atoms with Crippen LogP contribution in [0.5, 0.6) is 5.88 Å². The molecule has 198 valence electrons. The van der Waals surface area contributed by atoms with E-state index in [0.717, 1.165) is 55.1 Å². The molecule has 10 heteroatoms. The van der Waals surface area contributed by atoms with Gasteiger partial charge in [-0.1, -0.05) is 50.3 Å². The standard InChI is InChI=1S/C26H37FN4O5/c1-16(2)22-19(25(30-29-22)36-26-24(34)23(33)21(27)20(15-32)35-26)14-18-7-5-17(6-8-18)4-3-11-31-12-9-28-10-13-31/h3-8,16,20-21,23-24,26,28,32-34H,9-15H2,1-2H3,(H,29,30)/b4-3+/t20-,21-,23+,24-,26+/m1/s1. The maximum atomic E-state index is 14.1. The summed E-state index contributed by atoms with van der Waals surface area (Å²) in [5.74, 6) is 0.337. The van der Waals surface area contributed by atoms with Gasteiger partial charge in [0, 0.05) is 50.4 Å². The average molecular weight is 505 g/mol. The first-order valence-corrected chi connectivity index (χ1v) is 12.6. The lowest BCUT2D eigenvalue weighted by Gasteiger charge is -2.38. The van der Waals surface area contributed by atoms with E-state index in [1.165, 1.54) is 0 Å². The zero-order valence-corrected chi connectivity index (χ0v) is 20.8. The number of halogens is 1. The van der Waals surface area contributed by atoms with Crippen LogP contribution in [0.25, 0.3) is 6.08 Å². The number of rotatable bonds is 9. The number of hydrogen-bond acceptors (Lipinski definition) is 8. The zero-order valence-electron chi connectivity index (χ0n) is 20.8. The first-order chi connectivity index (χ1) is 17.4. The molecule has 1 aromatic carbocycles. The van der Waals surface area contributed by atoms with Crippen LogP contribution in [0, 0.1) is 0 Å². The number of nitrogens with one attached hydrogen (secondary N) is 2. The van der Waals surface area contributed by atoms with Gasteiger partial charge >= 0.3 is 0 Å². The summed E-state index contributed by atoms with van der Waals surface area (Å²) in [5.41, 5.74) is 3.83. The number of piperazine rings is 1. The van der Waals surface area contributed by atoms with Gasteiger partial charge in [-0.2, -0.15) is 0 Å². The van der Waals surface area contributed by atoms with Gasteiger partial charge in [-0.3, -0.25) is 10.00 Å². The smallest absolute Gasteiger partial charge is 0.238 e. The Labute approximate surface area is 210 Å². The quantitative estimate of drug-likeness (QED) is 0.345. The molecule has 0 spiro atoms. The molecule has 4 rings (SSSR count). The molecule has 2 fully saturated rings. The molecule has 0 bridgehead atoms. The molecule has 2 saturated heterocycles. The van der Waals surface area contributed by atoms with Crippen molar-refractivity contribution < 1.29 is 29.2 Å². The zero-order chi connectivity index (χ0) is 25.7. The Bertz CT molecular complexity index is 991. The Morgan fingerprint density at radius 2 is 1.92 bits per heavy atom. The Balaban J connectivity index is 1.45. The second-order valence-corrected chi connectivity index (χ2v) is 9.72. The number of H-pyrrole nitrogens is 1. The largest absolute Gasteiger partial charge is 0.443 e. The summed E-state index contributed by atoms with van der Waals surface area (Å²) in [7, 11) is 0. The average Bonchev–Trinajstić information content (AvgIpc) is 3.28. The Hall–Kier alpha value is -2.34. The van der Waals surface area contributed by atoms with E-state index in [1.807, 2.05) is 13.8 Å². The van der Waals surface area contributed by atoms with Crippen molar-refractivity contribution in [2.24, 2.45) is 0 Å². The topological polar surface area (TPSA) is 123 Å². The summed E-state index contributed by atoms with van der Waals surface area (Å²) in [6, 6.07) is 8.24. The van der Waals surface area contributed by atoms with Crippen molar-refractivity contribution >= 4 is 6.08 Å². The molecule has 0 saturated carbocycles. The number of aromatic amines is 1. The molecule has 0 aliphatic carbocycles. The summed E-state index contributed by atoms with van der Waals surface area (Å²) in [5, 5.41) is 40.3. The minimum atomic E-state index is -1.92. The summed E-state index contributed by atoms with van der Waals surface area (Å²) in [6.07, 6.45) is -3.11. The first-order valence-electron chi connectivity index (χ1n) is 12.6. The number of aliphatic hydroxyl groups is 3. The highest BCUT2D eigenvalue weighted by molar-refractivity contribution is 5.50. The Morgan fingerprint density at radius 3 is 2.58 bits per heavy atom. The van der Waals surface area contributed by atoms with E-state index in [9.17, 15) is 19.7 Å². The predicted molar refractivity (Wildman–Crippen MR) is 134 cm³/mol. The molecule has 9 nitrogen and oxygen atoms in total. The van der Waals surface area contributed by atoms with Crippen LogP contribution >= 0.6 is 0 Å². The lowest BCUT2D eigenvalue weighted by Crippen LogP contribution is -2.58. The lowest BCUT2D eigenvalue weighted by atomic mass is 9.98. The van der Waals surface area contributed by atoms with Gasteiger partial charge in [0.2, 0.25) is 12.2 Å². The molecular formula is C26H37FN4O5. The van der Waals surface area contributed by atoms with Crippen LogP contribution in [0.1, 0.15) is 42.1 Å². The molecular weight excluding hydrogens is 467 g/mol. The molecule has 0 radical (unpaired) electrons. The van der Waals surface area contributed by atoms with Gasteiger partial charge in [-0.25, -0.2) is 4.39 Å². The van der Waals surface area contributed by atoms with Gasteiger partial charge in [0.25, 0.3) is 0 Å². The van der Waals surface area contributed by atoms with Gasteiger partial charge in [0.05, 0.1) is 6.61 Å². The number of aliphatic hydroxyl groups excluding tert-OH is 3. The predicted octanol–water partition coefficient (Wildman–Crippen LogP) is 1.20. The monoisotopic (exact) mass is 504 g/mol. The van der Waals surface area contributed by atoms with Crippen molar-refractivity contribution in [2.45, 2.75) is 57.0 Å². The Morgan fingerprint density at radius 1 is 1.19 bits per heavy atom. The van der Waals surface area contributed by atoms with Crippen LogP contribution in [0.4, 0.5) is 4.39 Å². The normalized spacial score (nSPS) is 27.7. The number of benzene rings is 1. The third kappa shape index (κ3) is 6.31. The highest BCUT2D eigenvalue weighted by atomic mass is 19.1. The molecule has 0 amide bonds. The summed E-state index contributed by atoms with van der Waals surface area (Å²) < 4.78 is 25.3. The van der Waals surface area contributed by atoms with Crippen LogP contribution < -0.4 is 10.1 Å². The van der Waals surface area contributed by atoms with E-state index in [-0.39, 0.29) is 11.8 Å². The molecule has 5 atom stereocenters. The van der Waals surface area contributed by atoms with Gasteiger partial charge in [0.1, 0.15) is 18.3 Å². The van der Waals surface area contributed by atoms with Crippen molar-refractivity contribution in [2.75, 3.05) is 39.3 Å². The molecule has 36 heavy (non-hydrogen) atoms. The van der Waals surface area contributed by atoms with E-state index in [2.05, 4.69) is 56.8 Å². The third-order valence-electron chi connectivity index (χ3n) is 6.71. The SMILES string of the molecule is CC(C)c1[nH]nc(O[C@@H]2O[C@H](CO)[C@@H](F)[C@H](O)[C@H]2O)c1Cc1ccc(/C=C/CN2CCNCC2)cc1. The third-order valence-corrected chi connectivity index (χ3v) is 6.71. The number of alkyl halides is 1. The summed E-state index contributed by atoms with van der Waals surface area (Å²) in [6.45, 7) is 8.53. The minimum absolute atomic E-state index is 0.125. The molecule has 0 unspecified atom stereocenters. The van der Waals surface area contributed by atoms with Crippen LogP contribution in [0.3, 0.4) is 0 Å². The molecule has 2 aliphatic heterocycles. The first kappa shape index (κ1) is 26.7. The Kier molecular flexibility index (Phi) is 9.10. The second kappa shape index (κ2) is 12.3. The van der Waals surface area contributed by atoms with E-state index >= 15 is 0 Å². The highest BCUT2D eigenvalue weighted by Gasteiger charge is 2.46. The van der Waals surface area contributed by atoms with Crippen LogP contribution in [-0.4, -0.2) is 101 Å². The summed E-state index contributed by atoms with van der Waals surface area (Å²) >= 11 is 0. The van der Waals surface area contributed by atoms with Crippen molar-refractivity contribution in [1.82, 2.24) is 20.4 Å². The van der Waals surface area contributed by atoms with Crippen LogP contribution in [0.2, 0.25) is 0 Å². The fraction of sp³-hybridized carbons (Fsp3) is 0.577. The van der Waals surface area contributed by atoms with E-state index in [0.29, 0.717) is 6.42 Å². The van der Waals surface area contributed by atoms with Crippen molar-refractivity contribution in [3.05, 3.63) is 52.7 Å². The van der Waals surface area contributed by atoms with E-state index in [4.69, 9.17) is 9.47 Å². The highest BCUT2D eigenvalue weighted by Crippen LogP contribution is 2.31. The van der Waals surface area contributed by atoms with Gasteiger partial charge in [-0.15, -0.1) is 5.10 Å². The van der Waals surface area contributed by atoms with Gasteiger partial charge in [0.15, 0.2) is 6.17 Å². The van der Waals surface area contributed by atoms with Gasteiger partial charge in [-0.05, 0) is 17.0 Å². The maximum Gasteiger partial charge on any atom is 0.238 e. The fourth-order valence-corrected chi connectivity index (χ4v) is 4.54. The molecule has 2 aliphatic rings. The summed E-state index contributed by atoms with van der Waals surface area (Å²) in [4.78, 5) is 2.41. The van der Waals surface area contributed by atoms with Gasteiger partial charge < -0.3 is 30.1 Å². The van der Waals surface area contributed by atoms with E-state index in [1.54, 1.807) is 0 Å². The van der Waals surface area contributed by atoms with Crippen molar-refractivity contribution in [1.29, 1.82) is 0 Å². The van der Waals surface area contributed by atoms with Crippen molar-refractivity contribution in [3.8, 4) is 5.88 Å². The minimum Gasteiger partial charge on any atom is -0.443 e. The number of aromatic nitrogens is 2. The number of nitrogens with zero attached hydrogens (tertiary/aromatic N) is 2. The lowest BCUT2D eigenvalue weighted by molar-refractivity contribution is -0.265. The molecule has 3 heterocycles. The number of hydrogen-bond donors (Lipinski definition) is 5. The van der Waals surface area contributed by atoms with Crippen LogP contribution in [-0.2, 0) is 11.2 Å². The molecule has 2 aromatic rings. The fourth-order valence-electron chi connectivity index (χ4n) is 4.54.